The van der Waals surface area contributed by atoms with E-state index in [0.717, 1.165) is 17.9 Å². The van der Waals surface area contributed by atoms with Crippen LogP contribution in [-0.2, 0) is 0 Å². The molecule has 4 aromatic rings. The number of nitrogens with one attached hydrogen (secondary N) is 3. The van der Waals surface area contributed by atoms with Crippen molar-refractivity contribution in [2.24, 2.45) is 0 Å². The fraction of sp³-hybridized carbons (Fsp3) is 0.111. The molecule has 1 aromatic carbocycles. The molecule has 0 fully saturated rings. The van der Waals surface area contributed by atoms with Crippen molar-refractivity contribution in [3.8, 4) is 5.69 Å². The minimum absolute atomic E-state index is 0.518. The third-order valence-electron chi connectivity index (χ3n) is 3.81. The third-order valence-corrected chi connectivity index (χ3v) is 4.06. The van der Waals surface area contributed by atoms with Crippen LogP contribution in [0.15, 0.2) is 55.2 Å². The van der Waals surface area contributed by atoms with Crippen LogP contribution in [0.25, 0.3) is 16.9 Å². The molecule has 0 spiro atoms. The van der Waals surface area contributed by atoms with E-state index in [1.54, 1.807) is 17.2 Å². The first-order valence-corrected chi connectivity index (χ1v) is 9.03. The van der Waals surface area contributed by atoms with Gasteiger partial charge < -0.3 is 16.0 Å². The van der Waals surface area contributed by atoms with Crippen LogP contribution in [0.3, 0.4) is 0 Å². The Morgan fingerprint density at radius 3 is 2.64 bits per heavy atom. The highest BCUT2D eigenvalue weighted by Crippen LogP contribution is 2.19. The monoisotopic (exact) mass is 391 g/mol. The highest BCUT2D eigenvalue weighted by Gasteiger charge is 2.05. The van der Waals surface area contributed by atoms with E-state index in [1.165, 1.54) is 6.33 Å². The molecular formula is C18H17N9S. The smallest absolute Gasteiger partial charge is 0.182 e. The van der Waals surface area contributed by atoms with Crippen LogP contribution in [0.1, 0.15) is 6.92 Å². The number of aromatic nitrogens is 6. The van der Waals surface area contributed by atoms with E-state index in [0.29, 0.717) is 27.9 Å². The molecule has 4 rings (SSSR count). The highest BCUT2D eigenvalue weighted by atomic mass is 32.1. The standard InChI is InChI=1S/C18H17N9S/c1-2-20-18(28)26-15-8-7-14-17(24-15)25-16(9-21-14)23-12-3-5-13(6-4-12)27-11-19-10-22-27/h3-11H,2H2,1H3,(H3,20,23,24,25,26,28). The SMILES string of the molecule is CCNC(=S)Nc1ccc2ncc(Nc3ccc(-n4cncn4)cc3)nc2n1. The molecule has 140 valence electrons. The summed E-state index contributed by atoms with van der Waals surface area (Å²) in [5.74, 6) is 1.21. The predicted molar refractivity (Wildman–Crippen MR) is 112 cm³/mol. The Balaban J connectivity index is 1.52. The predicted octanol–water partition coefficient (Wildman–Crippen LogP) is 2.66. The number of benzene rings is 1. The average Bonchev–Trinajstić information content (AvgIpc) is 3.23. The van der Waals surface area contributed by atoms with Gasteiger partial charge in [0.1, 0.15) is 24.0 Å². The maximum Gasteiger partial charge on any atom is 0.182 e. The summed E-state index contributed by atoms with van der Waals surface area (Å²) in [4.78, 5) is 17.4. The van der Waals surface area contributed by atoms with Gasteiger partial charge in [-0.1, -0.05) is 0 Å². The molecule has 0 unspecified atom stereocenters. The maximum atomic E-state index is 5.19. The van der Waals surface area contributed by atoms with Gasteiger partial charge in [0.15, 0.2) is 16.6 Å². The third kappa shape index (κ3) is 4.01. The van der Waals surface area contributed by atoms with Crippen molar-refractivity contribution < 1.29 is 0 Å². The van der Waals surface area contributed by atoms with E-state index in [-0.39, 0.29) is 0 Å². The van der Waals surface area contributed by atoms with Crippen LogP contribution in [0.2, 0.25) is 0 Å². The first-order valence-electron chi connectivity index (χ1n) is 8.62. The Labute approximate surface area is 166 Å². The molecule has 3 heterocycles. The Kier molecular flexibility index (Phi) is 5.02. The quantitative estimate of drug-likeness (QED) is 0.443. The Bertz CT molecular complexity index is 1090. The Morgan fingerprint density at radius 2 is 1.89 bits per heavy atom. The molecule has 0 saturated heterocycles. The minimum Gasteiger partial charge on any atom is -0.363 e. The summed E-state index contributed by atoms with van der Waals surface area (Å²) in [5.41, 5.74) is 3.02. The first kappa shape index (κ1) is 17.7. The Morgan fingerprint density at radius 1 is 1.07 bits per heavy atom. The zero-order valence-corrected chi connectivity index (χ0v) is 15.8. The molecule has 0 atom stereocenters. The lowest BCUT2D eigenvalue weighted by molar-refractivity contribution is 0.879. The van der Waals surface area contributed by atoms with E-state index in [1.807, 2.05) is 43.3 Å². The number of nitrogens with zero attached hydrogens (tertiary/aromatic N) is 6. The van der Waals surface area contributed by atoms with E-state index in [4.69, 9.17) is 12.2 Å². The molecule has 0 aliphatic rings. The van der Waals surface area contributed by atoms with E-state index < -0.39 is 0 Å². The summed E-state index contributed by atoms with van der Waals surface area (Å²) >= 11 is 5.19. The summed E-state index contributed by atoms with van der Waals surface area (Å²) in [6.07, 6.45) is 4.82. The number of pyridine rings is 1. The van der Waals surface area contributed by atoms with E-state index >= 15 is 0 Å². The van der Waals surface area contributed by atoms with Gasteiger partial charge in [-0.05, 0) is 55.5 Å². The highest BCUT2D eigenvalue weighted by molar-refractivity contribution is 7.80. The van der Waals surface area contributed by atoms with Crippen molar-refractivity contribution in [2.75, 3.05) is 17.2 Å². The molecule has 3 aromatic heterocycles. The second kappa shape index (κ2) is 7.92. The normalized spacial score (nSPS) is 10.6. The lowest BCUT2D eigenvalue weighted by Crippen LogP contribution is -2.28. The number of hydrogen-bond donors (Lipinski definition) is 3. The molecule has 9 nitrogen and oxygen atoms in total. The largest absolute Gasteiger partial charge is 0.363 e. The number of fused-ring (bicyclic) bond motifs is 1. The van der Waals surface area contributed by atoms with Crippen molar-refractivity contribution in [3.05, 3.63) is 55.2 Å². The van der Waals surface area contributed by atoms with Crippen LogP contribution in [0.5, 0.6) is 0 Å². The molecule has 0 amide bonds. The van der Waals surface area contributed by atoms with Gasteiger partial charge >= 0.3 is 0 Å². The first-order chi connectivity index (χ1) is 13.7. The summed E-state index contributed by atoms with van der Waals surface area (Å²) < 4.78 is 1.69. The summed E-state index contributed by atoms with van der Waals surface area (Å²) in [5, 5.41) is 13.9. The van der Waals surface area contributed by atoms with Crippen LogP contribution >= 0.6 is 12.2 Å². The van der Waals surface area contributed by atoms with Gasteiger partial charge in [-0.15, -0.1) is 0 Å². The summed E-state index contributed by atoms with van der Waals surface area (Å²) in [6, 6.07) is 11.4. The molecule has 0 aliphatic heterocycles. The zero-order valence-electron chi connectivity index (χ0n) is 15.0. The number of rotatable bonds is 5. The van der Waals surface area contributed by atoms with Gasteiger partial charge in [0.2, 0.25) is 0 Å². The van der Waals surface area contributed by atoms with E-state index in [2.05, 4.69) is 41.0 Å². The van der Waals surface area contributed by atoms with Crippen molar-refractivity contribution in [1.82, 2.24) is 35.0 Å². The summed E-state index contributed by atoms with van der Waals surface area (Å²) in [6.45, 7) is 2.71. The zero-order chi connectivity index (χ0) is 19.3. The second-order valence-electron chi connectivity index (χ2n) is 5.79. The van der Waals surface area contributed by atoms with Crippen molar-refractivity contribution in [1.29, 1.82) is 0 Å². The topological polar surface area (TPSA) is 105 Å². The number of thiocarbonyl (C=S) groups is 1. The van der Waals surface area contributed by atoms with Crippen molar-refractivity contribution >= 4 is 45.8 Å². The van der Waals surface area contributed by atoms with Gasteiger partial charge in [0, 0.05) is 12.2 Å². The molecule has 0 radical (unpaired) electrons. The molecule has 3 N–H and O–H groups in total. The maximum absolute atomic E-state index is 5.19. The average molecular weight is 391 g/mol. The molecule has 0 saturated carbocycles. The van der Waals surface area contributed by atoms with Gasteiger partial charge in [0.25, 0.3) is 0 Å². The fourth-order valence-electron chi connectivity index (χ4n) is 2.54. The van der Waals surface area contributed by atoms with Gasteiger partial charge in [-0.3, -0.25) is 0 Å². The van der Waals surface area contributed by atoms with Crippen molar-refractivity contribution in [2.45, 2.75) is 6.92 Å². The second-order valence-corrected chi connectivity index (χ2v) is 6.20. The molecule has 0 bridgehead atoms. The Hall–Kier alpha value is -3.66. The molecule has 28 heavy (non-hydrogen) atoms. The number of hydrogen-bond acceptors (Lipinski definition) is 7. The van der Waals surface area contributed by atoms with Crippen LogP contribution in [0.4, 0.5) is 17.3 Å². The van der Waals surface area contributed by atoms with E-state index in [9.17, 15) is 0 Å². The lowest BCUT2D eigenvalue weighted by Gasteiger charge is -2.09. The lowest BCUT2D eigenvalue weighted by atomic mass is 10.3. The van der Waals surface area contributed by atoms with Gasteiger partial charge in [-0.2, -0.15) is 5.10 Å². The van der Waals surface area contributed by atoms with Gasteiger partial charge in [-0.25, -0.2) is 24.6 Å². The molecular weight excluding hydrogens is 374 g/mol. The van der Waals surface area contributed by atoms with Crippen LogP contribution < -0.4 is 16.0 Å². The van der Waals surface area contributed by atoms with Gasteiger partial charge in [0.05, 0.1) is 11.9 Å². The van der Waals surface area contributed by atoms with Crippen LogP contribution in [-0.4, -0.2) is 41.4 Å². The fourth-order valence-corrected chi connectivity index (χ4v) is 2.78. The number of anilines is 3. The van der Waals surface area contributed by atoms with Crippen molar-refractivity contribution in [3.63, 3.8) is 0 Å². The minimum atomic E-state index is 0.518. The summed E-state index contributed by atoms with van der Waals surface area (Å²) in [7, 11) is 0. The molecule has 0 aliphatic carbocycles. The molecule has 10 heteroatoms. The van der Waals surface area contributed by atoms with Crippen LogP contribution in [0, 0.1) is 0 Å².